The van der Waals surface area contributed by atoms with Crippen molar-refractivity contribution < 1.29 is 9.53 Å². The van der Waals surface area contributed by atoms with Gasteiger partial charge in [-0.2, -0.15) is 0 Å². The minimum Gasteiger partial charge on any atom is -0.496 e. The van der Waals surface area contributed by atoms with E-state index in [0.717, 1.165) is 24.2 Å². The topological polar surface area (TPSA) is 38.3 Å². The number of para-hydroxylation sites is 1. The fraction of sp³-hybridized carbons (Fsp3) is 0.591. The molecule has 0 aromatic heterocycles. The molecule has 0 atom stereocenters. The minimum atomic E-state index is -0.211. The van der Waals surface area contributed by atoms with Crippen molar-refractivity contribution in [1.82, 2.24) is 5.32 Å². The Kier molecular flexibility index (Phi) is 10.2. The highest BCUT2D eigenvalue weighted by atomic mass is 16.5. The van der Waals surface area contributed by atoms with E-state index in [-0.39, 0.29) is 16.9 Å². The highest BCUT2D eigenvalue weighted by molar-refractivity contribution is 5.80. The van der Waals surface area contributed by atoms with Gasteiger partial charge in [-0.25, -0.2) is 0 Å². The lowest BCUT2D eigenvalue weighted by Crippen LogP contribution is -2.46. The maximum absolute atomic E-state index is 12.2. The first-order valence-corrected chi connectivity index (χ1v) is 9.08. The van der Waals surface area contributed by atoms with Gasteiger partial charge in [-0.1, -0.05) is 58.0 Å². The molecule has 25 heavy (non-hydrogen) atoms. The van der Waals surface area contributed by atoms with Crippen molar-refractivity contribution >= 4 is 5.91 Å². The van der Waals surface area contributed by atoms with Crippen LogP contribution in [0.15, 0.2) is 36.4 Å². The van der Waals surface area contributed by atoms with Gasteiger partial charge in [-0.15, -0.1) is 0 Å². The summed E-state index contributed by atoms with van der Waals surface area (Å²) in [5.41, 5.74) is 0.887. The van der Waals surface area contributed by atoms with E-state index in [9.17, 15) is 4.79 Å². The van der Waals surface area contributed by atoms with Gasteiger partial charge in [0.2, 0.25) is 5.91 Å². The van der Waals surface area contributed by atoms with Gasteiger partial charge in [-0.3, -0.25) is 4.79 Å². The number of ether oxygens (including phenoxy) is 1. The monoisotopic (exact) mass is 347 g/mol. The summed E-state index contributed by atoms with van der Waals surface area (Å²) < 4.78 is 5.28. The van der Waals surface area contributed by atoms with Crippen molar-refractivity contribution in [2.24, 2.45) is 5.41 Å². The molecule has 0 aliphatic heterocycles. The summed E-state index contributed by atoms with van der Waals surface area (Å²) in [6, 6.07) is 7.63. The van der Waals surface area contributed by atoms with E-state index in [1.807, 2.05) is 31.2 Å². The molecule has 0 aliphatic rings. The van der Waals surface area contributed by atoms with Gasteiger partial charge < -0.3 is 10.1 Å². The molecule has 3 heteroatoms. The Morgan fingerprint density at radius 2 is 1.76 bits per heavy atom. The van der Waals surface area contributed by atoms with E-state index < -0.39 is 0 Å². The Balaban J connectivity index is 0.00000101. The Labute approximate surface area is 154 Å². The Morgan fingerprint density at radius 3 is 2.20 bits per heavy atom. The zero-order valence-electron chi connectivity index (χ0n) is 17.4. The molecule has 0 saturated carbocycles. The third kappa shape index (κ3) is 11.4. The number of carbonyl (C=O) groups is 1. The number of amides is 1. The molecule has 0 fully saturated rings. The molecule has 0 radical (unpaired) electrons. The fourth-order valence-electron chi connectivity index (χ4n) is 3.05. The molecule has 3 nitrogen and oxygen atoms in total. The van der Waals surface area contributed by atoms with Crippen LogP contribution in [0.1, 0.15) is 66.9 Å². The van der Waals surface area contributed by atoms with Crippen LogP contribution < -0.4 is 10.1 Å². The minimum absolute atomic E-state index is 0.0313. The first-order valence-electron chi connectivity index (χ1n) is 9.08. The largest absolute Gasteiger partial charge is 0.496 e. The molecular formula is C22H37NO2. The van der Waals surface area contributed by atoms with E-state index in [0.29, 0.717) is 6.42 Å². The smallest absolute Gasteiger partial charge is 0.224 e. The molecule has 0 aliphatic carbocycles. The van der Waals surface area contributed by atoms with Crippen LogP contribution in [0.2, 0.25) is 0 Å². The summed E-state index contributed by atoms with van der Waals surface area (Å²) >= 11 is 0. The maximum atomic E-state index is 12.2. The van der Waals surface area contributed by atoms with E-state index in [2.05, 4.69) is 59.0 Å². The lowest BCUT2D eigenvalue weighted by Gasteiger charge is -2.33. The van der Waals surface area contributed by atoms with Crippen LogP contribution in [0.25, 0.3) is 0 Å². The summed E-state index contributed by atoms with van der Waals surface area (Å²) in [4.78, 5) is 12.2. The van der Waals surface area contributed by atoms with Crippen LogP contribution in [-0.2, 0) is 11.2 Å². The normalized spacial score (nSPS) is 11.7. The van der Waals surface area contributed by atoms with Crippen LogP contribution in [0.3, 0.4) is 0 Å². The molecule has 0 spiro atoms. The number of carbonyl (C=O) groups excluding carboxylic acids is 1. The molecule has 0 bridgehead atoms. The predicted molar refractivity (Wildman–Crippen MR) is 108 cm³/mol. The number of hydrogen-bond donors (Lipinski definition) is 1. The highest BCUT2D eigenvalue weighted by Gasteiger charge is 2.27. The Hall–Kier alpha value is -1.77. The van der Waals surface area contributed by atoms with Crippen LogP contribution in [0.4, 0.5) is 0 Å². The SMILES string of the molecule is C/C=C\CC.COc1ccccc1CC(=O)NC(C)(C)CC(C)(C)C. The number of rotatable bonds is 6. The highest BCUT2D eigenvalue weighted by Crippen LogP contribution is 2.27. The van der Waals surface area contributed by atoms with Gasteiger partial charge >= 0.3 is 0 Å². The number of nitrogens with one attached hydrogen (secondary N) is 1. The summed E-state index contributed by atoms with van der Waals surface area (Å²) in [5.74, 6) is 0.792. The van der Waals surface area contributed by atoms with Crippen LogP contribution in [0.5, 0.6) is 5.75 Å². The third-order valence-electron chi connectivity index (χ3n) is 3.47. The van der Waals surface area contributed by atoms with E-state index in [4.69, 9.17) is 4.74 Å². The zero-order valence-corrected chi connectivity index (χ0v) is 17.4. The summed E-state index contributed by atoms with van der Waals surface area (Å²) in [6.07, 6.45) is 6.62. The van der Waals surface area contributed by atoms with Gasteiger partial charge in [-0.05, 0) is 45.1 Å². The summed E-state index contributed by atoms with van der Waals surface area (Å²) in [5, 5.41) is 3.12. The number of benzene rings is 1. The second-order valence-corrected chi connectivity index (χ2v) is 8.14. The van der Waals surface area contributed by atoms with E-state index >= 15 is 0 Å². The average molecular weight is 348 g/mol. The molecule has 0 saturated heterocycles. The molecule has 0 heterocycles. The van der Waals surface area contributed by atoms with Gasteiger partial charge in [0.1, 0.15) is 5.75 Å². The Bertz CT molecular complexity index is 539. The molecule has 1 N–H and O–H groups in total. The standard InChI is InChI=1S/C17H27NO2.C5H10/c1-16(2,3)12-17(4,5)18-15(19)11-13-9-7-8-10-14(13)20-6;1-3-5-4-2/h7-10H,11-12H2,1-6H3,(H,18,19);3,5H,4H2,1-2H3/b;5-3-. The van der Waals surface area contributed by atoms with E-state index in [1.54, 1.807) is 7.11 Å². The molecule has 1 rings (SSSR count). The van der Waals surface area contributed by atoms with Crippen molar-refractivity contribution in [2.75, 3.05) is 7.11 Å². The van der Waals surface area contributed by atoms with Gasteiger partial charge in [0.15, 0.2) is 0 Å². The molecular weight excluding hydrogens is 310 g/mol. The van der Waals surface area contributed by atoms with Gasteiger partial charge in [0.25, 0.3) is 0 Å². The first kappa shape index (κ1) is 23.2. The molecule has 0 unspecified atom stereocenters. The lowest BCUT2D eigenvalue weighted by molar-refractivity contribution is -0.122. The molecule has 1 aromatic carbocycles. The lowest BCUT2D eigenvalue weighted by atomic mass is 9.81. The summed E-state index contributed by atoms with van der Waals surface area (Å²) in [7, 11) is 1.63. The number of hydrogen-bond acceptors (Lipinski definition) is 2. The number of allylic oxidation sites excluding steroid dienone is 2. The molecule has 142 valence electrons. The Morgan fingerprint density at radius 1 is 1.16 bits per heavy atom. The van der Waals surface area contributed by atoms with Crippen molar-refractivity contribution in [3.63, 3.8) is 0 Å². The molecule has 1 amide bonds. The van der Waals surface area contributed by atoms with Crippen LogP contribution >= 0.6 is 0 Å². The molecule has 1 aromatic rings. The van der Waals surface area contributed by atoms with Crippen molar-refractivity contribution in [1.29, 1.82) is 0 Å². The second kappa shape index (κ2) is 11.0. The van der Waals surface area contributed by atoms with Crippen LogP contribution in [0, 0.1) is 5.41 Å². The van der Waals surface area contributed by atoms with Crippen molar-refractivity contribution in [3.05, 3.63) is 42.0 Å². The quantitative estimate of drug-likeness (QED) is 0.686. The fourth-order valence-corrected chi connectivity index (χ4v) is 3.05. The van der Waals surface area contributed by atoms with E-state index in [1.165, 1.54) is 0 Å². The second-order valence-electron chi connectivity index (χ2n) is 8.14. The van der Waals surface area contributed by atoms with Crippen molar-refractivity contribution in [2.45, 2.75) is 73.3 Å². The summed E-state index contributed by atoms with van der Waals surface area (Å²) in [6.45, 7) is 14.8. The van der Waals surface area contributed by atoms with Gasteiger partial charge in [0.05, 0.1) is 13.5 Å². The number of methoxy groups -OCH3 is 1. The predicted octanol–water partition coefficient (Wildman–Crippen LogP) is 5.54. The van der Waals surface area contributed by atoms with Crippen LogP contribution in [-0.4, -0.2) is 18.6 Å². The maximum Gasteiger partial charge on any atom is 0.224 e. The first-order chi connectivity index (χ1) is 11.5. The zero-order chi connectivity index (χ0) is 19.5. The third-order valence-corrected chi connectivity index (χ3v) is 3.47. The van der Waals surface area contributed by atoms with Gasteiger partial charge in [0, 0.05) is 11.1 Å². The van der Waals surface area contributed by atoms with Crippen molar-refractivity contribution in [3.8, 4) is 5.75 Å². The average Bonchev–Trinajstić information content (AvgIpc) is 2.46.